The first kappa shape index (κ1) is 27.2. The van der Waals surface area contributed by atoms with Gasteiger partial charge < -0.3 is 19.2 Å². The summed E-state index contributed by atoms with van der Waals surface area (Å²) in [5.41, 5.74) is 4.12. The molecule has 0 bridgehead atoms. The van der Waals surface area contributed by atoms with Gasteiger partial charge in [0.15, 0.2) is 5.82 Å². The molecular weight excluding hydrogens is 518 g/mol. The minimum absolute atomic E-state index is 0.0823. The summed E-state index contributed by atoms with van der Waals surface area (Å²) >= 11 is 0. The van der Waals surface area contributed by atoms with E-state index in [0.717, 1.165) is 65.6 Å². The number of amides is 2. The second-order valence-electron chi connectivity index (χ2n) is 11.1. The number of fused-ring (bicyclic) bond motifs is 3. The summed E-state index contributed by atoms with van der Waals surface area (Å²) in [6, 6.07) is 14.2. The zero-order valence-electron chi connectivity index (χ0n) is 24.4. The van der Waals surface area contributed by atoms with Crippen molar-refractivity contribution in [1.82, 2.24) is 24.4 Å². The monoisotopic (exact) mass is 557 g/mol. The van der Waals surface area contributed by atoms with Crippen LogP contribution in [-0.2, 0) is 19.7 Å². The van der Waals surface area contributed by atoms with Gasteiger partial charge in [-0.05, 0) is 37.0 Å². The lowest BCUT2D eigenvalue weighted by Crippen LogP contribution is -2.53. The number of aromatic nitrogens is 2. The van der Waals surface area contributed by atoms with Gasteiger partial charge in [0.1, 0.15) is 18.1 Å². The number of urea groups is 1. The van der Waals surface area contributed by atoms with Crippen molar-refractivity contribution in [3.8, 4) is 11.5 Å². The summed E-state index contributed by atoms with van der Waals surface area (Å²) in [6.07, 6.45) is 7.69. The number of ether oxygens (including phenoxy) is 2. The second-order valence-corrected chi connectivity index (χ2v) is 11.1. The number of likely N-dealkylation sites (tertiary alicyclic amines) is 1. The van der Waals surface area contributed by atoms with Crippen LogP contribution in [0.25, 0.3) is 0 Å². The van der Waals surface area contributed by atoms with E-state index in [0.29, 0.717) is 26.2 Å². The molecule has 0 N–H and O–H groups in total. The van der Waals surface area contributed by atoms with E-state index < -0.39 is 0 Å². The fourth-order valence-corrected chi connectivity index (χ4v) is 6.81. The number of rotatable bonds is 8. The quantitative estimate of drug-likeness (QED) is 0.396. The Kier molecular flexibility index (Phi) is 7.38. The number of methoxy groups -OCH3 is 2. The maximum atomic E-state index is 13.9. The molecule has 0 saturated carbocycles. The number of carbonyl (C=O) groups is 1. The Hall–Kier alpha value is -3.98. The van der Waals surface area contributed by atoms with Gasteiger partial charge in [-0.25, -0.2) is 9.78 Å². The van der Waals surface area contributed by atoms with Crippen LogP contribution in [-0.4, -0.2) is 69.8 Å². The van der Waals surface area contributed by atoms with Crippen LogP contribution in [0, 0.1) is 0 Å². The zero-order valence-corrected chi connectivity index (χ0v) is 24.4. The van der Waals surface area contributed by atoms with Gasteiger partial charge in [-0.15, -0.1) is 0 Å². The topological polar surface area (TPSA) is 72.3 Å². The summed E-state index contributed by atoms with van der Waals surface area (Å²) in [4.78, 5) is 31.0. The van der Waals surface area contributed by atoms with Crippen molar-refractivity contribution in [2.24, 2.45) is 0 Å². The Morgan fingerprint density at radius 1 is 1.07 bits per heavy atom. The number of piperidine rings is 1. The van der Waals surface area contributed by atoms with Crippen molar-refractivity contribution in [2.45, 2.75) is 57.8 Å². The van der Waals surface area contributed by atoms with Crippen LogP contribution < -0.4 is 14.3 Å². The first-order valence-electron chi connectivity index (χ1n) is 14.5. The van der Waals surface area contributed by atoms with Gasteiger partial charge in [0.25, 0.3) is 0 Å². The molecule has 3 aliphatic heterocycles. The lowest BCUT2D eigenvalue weighted by molar-refractivity contribution is 0.0654. The number of imidazole rings is 1. The molecule has 1 aromatic heterocycles. The smallest absolute Gasteiger partial charge is 0.325 e. The van der Waals surface area contributed by atoms with Gasteiger partial charge in [0.05, 0.1) is 39.0 Å². The number of likely N-dealkylation sites (N-methyl/N-ethyl adjacent to an activating group) is 1. The molecule has 1 atom stereocenters. The summed E-state index contributed by atoms with van der Waals surface area (Å²) in [7, 11) is 3.36. The van der Waals surface area contributed by atoms with E-state index in [2.05, 4.69) is 46.8 Å². The van der Waals surface area contributed by atoms with Crippen LogP contribution in [0.1, 0.15) is 55.1 Å². The SMILES string of the molecule is CCN1C(=O)N2Cc3cc(OC)cc(OC)c3[C@@H](C)C=C2C12CCN(Cc1nccn1OCc1ccccc1)CC2. The molecule has 0 radical (unpaired) electrons. The van der Waals surface area contributed by atoms with E-state index >= 15 is 0 Å². The number of hydrogen-bond acceptors (Lipinski definition) is 6. The first-order valence-corrected chi connectivity index (χ1v) is 14.5. The third kappa shape index (κ3) is 4.82. The molecule has 9 heteroatoms. The van der Waals surface area contributed by atoms with Gasteiger partial charge in [0, 0.05) is 49.1 Å². The molecular formula is C32H39N5O4. The highest BCUT2D eigenvalue weighted by molar-refractivity contribution is 5.83. The first-order chi connectivity index (χ1) is 20.0. The molecule has 3 aromatic rings. The zero-order chi connectivity index (χ0) is 28.6. The fourth-order valence-electron chi connectivity index (χ4n) is 6.81. The van der Waals surface area contributed by atoms with Gasteiger partial charge in [0.2, 0.25) is 0 Å². The molecule has 2 amide bonds. The van der Waals surface area contributed by atoms with Crippen molar-refractivity contribution in [3.05, 3.63) is 89.1 Å². The largest absolute Gasteiger partial charge is 0.497 e. The Morgan fingerprint density at radius 2 is 1.85 bits per heavy atom. The van der Waals surface area contributed by atoms with Gasteiger partial charge in [-0.2, -0.15) is 4.73 Å². The molecule has 1 spiro atoms. The molecule has 0 aliphatic carbocycles. The Bertz CT molecular complexity index is 1430. The summed E-state index contributed by atoms with van der Waals surface area (Å²) in [6.45, 7) is 8.37. The van der Waals surface area contributed by atoms with E-state index in [4.69, 9.17) is 14.3 Å². The van der Waals surface area contributed by atoms with Crippen molar-refractivity contribution in [1.29, 1.82) is 0 Å². The molecule has 2 saturated heterocycles. The third-order valence-electron chi connectivity index (χ3n) is 8.85. The average molecular weight is 558 g/mol. The van der Waals surface area contributed by atoms with E-state index in [1.165, 1.54) is 0 Å². The summed E-state index contributed by atoms with van der Waals surface area (Å²) < 4.78 is 13.1. The molecule has 4 heterocycles. The Morgan fingerprint density at radius 3 is 2.56 bits per heavy atom. The Labute approximate surface area is 241 Å². The molecule has 41 heavy (non-hydrogen) atoms. The maximum absolute atomic E-state index is 13.9. The lowest BCUT2D eigenvalue weighted by Gasteiger charge is -2.44. The molecule has 216 valence electrons. The van der Waals surface area contributed by atoms with Crippen LogP contribution in [0.15, 0.2) is 66.6 Å². The van der Waals surface area contributed by atoms with Gasteiger partial charge >= 0.3 is 6.03 Å². The van der Waals surface area contributed by atoms with Crippen LogP contribution in [0.2, 0.25) is 0 Å². The Balaban J connectivity index is 1.21. The van der Waals surface area contributed by atoms with Crippen molar-refractivity contribution in [3.63, 3.8) is 0 Å². The number of benzene rings is 2. The summed E-state index contributed by atoms with van der Waals surface area (Å²) in [5.74, 6) is 2.52. The number of nitrogens with zero attached hydrogens (tertiary/aromatic N) is 5. The molecule has 6 rings (SSSR count). The van der Waals surface area contributed by atoms with Crippen LogP contribution in [0.4, 0.5) is 4.79 Å². The summed E-state index contributed by atoms with van der Waals surface area (Å²) in [5, 5.41) is 0. The van der Waals surface area contributed by atoms with Gasteiger partial charge in [-0.3, -0.25) is 9.80 Å². The van der Waals surface area contributed by atoms with E-state index in [9.17, 15) is 4.79 Å². The minimum atomic E-state index is -0.324. The van der Waals surface area contributed by atoms with Crippen LogP contribution in [0.5, 0.6) is 11.5 Å². The van der Waals surface area contributed by atoms with E-state index in [1.807, 2.05) is 41.4 Å². The molecule has 0 unspecified atom stereocenters. The average Bonchev–Trinajstić information content (AvgIpc) is 3.47. The molecule has 9 nitrogen and oxygen atoms in total. The highest BCUT2D eigenvalue weighted by atomic mass is 16.7. The maximum Gasteiger partial charge on any atom is 0.325 e. The number of allylic oxidation sites excluding steroid dienone is 1. The lowest BCUT2D eigenvalue weighted by atomic mass is 9.82. The number of hydrogen-bond donors (Lipinski definition) is 0. The number of carbonyl (C=O) groups excluding carboxylic acids is 1. The fraction of sp³-hybridized carbons (Fsp3) is 0.438. The van der Waals surface area contributed by atoms with E-state index in [-0.39, 0.29) is 17.5 Å². The predicted octanol–water partition coefficient (Wildman–Crippen LogP) is 4.82. The highest BCUT2D eigenvalue weighted by Crippen LogP contribution is 2.49. The predicted molar refractivity (Wildman–Crippen MR) is 156 cm³/mol. The van der Waals surface area contributed by atoms with Crippen LogP contribution >= 0.6 is 0 Å². The second kappa shape index (κ2) is 11.1. The minimum Gasteiger partial charge on any atom is -0.497 e. The molecule has 2 aromatic carbocycles. The van der Waals surface area contributed by atoms with Crippen molar-refractivity contribution >= 4 is 6.03 Å². The normalized spacial score (nSPS) is 20.0. The standard InChI is InChI=1S/C32H39N5O4/c1-5-36-31(38)35-20-25-18-26(39-3)19-27(40-4)30(25)23(2)17-28(35)32(36)11-14-34(15-12-32)21-29-33-13-16-37(29)41-22-24-9-7-6-8-10-24/h6-10,13,16-19,23H,5,11-12,14-15,20-22H2,1-4H3/t23-/m0/s1. The third-order valence-corrected chi connectivity index (χ3v) is 8.85. The van der Waals surface area contributed by atoms with Gasteiger partial charge in [-0.1, -0.05) is 43.3 Å². The van der Waals surface area contributed by atoms with E-state index in [1.54, 1.807) is 25.1 Å². The van der Waals surface area contributed by atoms with Crippen molar-refractivity contribution < 1.29 is 19.1 Å². The van der Waals surface area contributed by atoms with Crippen LogP contribution in [0.3, 0.4) is 0 Å². The highest BCUT2D eigenvalue weighted by Gasteiger charge is 2.54. The molecule has 3 aliphatic rings. The molecule has 2 fully saturated rings. The van der Waals surface area contributed by atoms with Crippen molar-refractivity contribution in [2.75, 3.05) is 33.9 Å².